The van der Waals surface area contributed by atoms with E-state index in [4.69, 9.17) is 14.9 Å². The number of halogens is 6. The number of ether oxygens (including phenoxy) is 1. The van der Waals surface area contributed by atoms with Crippen molar-refractivity contribution >= 4 is 38.7 Å². The van der Waals surface area contributed by atoms with Gasteiger partial charge in [0.05, 0.1) is 10.4 Å². The first-order chi connectivity index (χ1) is 21.1. The molecule has 2 fully saturated rings. The third-order valence-corrected chi connectivity index (χ3v) is 8.65. The number of aromatic nitrogens is 2. The summed E-state index contributed by atoms with van der Waals surface area (Å²) in [6.45, 7) is 1.03. The van der Waals surface area contributed by atoms with Gasteiger partial charge < -0.3 is 20.5 Å². The number of para-hydroxylation sites is 1. The highest BCUT2D eigenvalue weighted by Crippen LogP contribution is 2.31. The number of carboxylic acid groups (broad SMARTS) is 1. The van der Waals surface area contributed by atoms with Gasteiger partial charge in [-0.15, -0.1) is 13.2 Å². The smallest absolute Gasteiger partial charge is 0.475 e. The molecule has 0 amide bonds. The number of sulfonamides is 1. The van der Waals surface area contributed by atoms with Crippen molar-refractivity contribution in [3.63, 3.8) is 0 Å². The minimum Gasteiger partial charge on any atom is -0.475 e. The number of fused-ring (bicyclic) bond motifs is 1. The van der Waals surface area contributed by atoms with E-state index in [0.717, 1.165) is 86.1 Å². The van der Waals surface area contributed by atoms with Crippen LogP contribution in [0.2, 0.25) is 0 Å². The van der Waals surface area contributed by atoms with Crippen molar-refractivity contribution < 1.29 is 49.4 Å². The molecule has 1 aromatic heterocycles. The number of benzene rings is 2. The Labute approximate surface area is 254 Å². The van der Waals surface area contributed by atoms with Gasteiger partial charge in [-0.3, -0.25) is 0 Å². The Morgan fingerprint density at radius 2 is 1.44 bits per heavy atom. The molecule has 2 aliphatic rings. The molecular weight excluding hydrogens is 632 g/mol. The molecule has 2 aliphatic carbocycles. The number of hydrogen-bond acceptors (Lipinski definition) is 8. The van der Waals surface area contributed by atoms with E-state index >= 15 is 0 Å². The van der Waals surface area contributed by atoms with Gasteiger partial charge in [-0.05, 0) is 86.8 Å². The molecule has 5 rings (SSSR count). The fraction of sp³-hybridized carbons (Fsp3) is 0.464. The van der Waals surface area contributed by atoms with Crippen LogP contribution >= 0.6 is 0 Å². The van der Waals surface area contributed by atoms with Crippen LogP contribution in [0.1, 0.15) is 38.5 Å². The van der Waals surface area contributed by atoms with Gasteiger partial charge >= 0.3 is 18.5 Å². The van der Waals surface area contributed by atoms with E-state index in [-0.39, 0.29) is 17.4 Å². The summed E-state index contributed by atoms with van der Waals surface area (Å²) >= 11 is 0. The van der Waals surface area contributed by atoms with Crippen molar-refractivity contribution in [2.45, 2.75) is 62.0 Å². The zero-order chi connectivity index (χ0) is 32.8. The maximum Gasteiger partial charge on any atom is 0.573 e. The molecule has 10 nitrogen and oxygen atoms in total. The van der Waals surface area contributed by atoms with Gasteiger partial charge in [-0.25, -0.2) is 22.9 Å². The number of alkyl halides is 6. The van der Waals surface area contributed by atoms with E-state index in [1.54, 1.807) is 0 Å². The van der Waals surface area contributed by atoms with E-state index in [9.17, 15) is 34.8 Å². The lowest BCUT2D eigenvalue weighted by Gasteiger charge is -2.28. The molecule has 4 N–H and O–H groups in total. The molecule has 0 radical (unpaired) electrons. The zero-order valence-corrected chi connectivity index (χ0v) is 24.5. The van der Waals surface area contributed by atoms with E-state index in [1.165, 1.54) is 0 Å². The van der Waals surface area contributed by atoms with Gasteiger partial charge in [-0.2, -0.15) is 18.2 Å². The standard InChI is InChI=1S/C26H30F3N5O3S.C2HF3O2/c27-26(28,29)37-20-11-13-21(14-12-20)38(35,36)31-16-18-7-5-17(6-8-18)15-30-25-33-23-4-2-1-3-22(23)24(34-25)32-19-9-10-19;3-2(4,5)1(6)7/h1-4,11-14,17-19,31H,5-10,15-16H2,(H2,30,32,33,34);(H,6,7). The summed E-state index contributed by atoms with van der Waals surface area (Å²) in [5.74, 6) is -1.13. The van der Waals surface area contributed by atoms with Gasteiger partial charge in [0.2, 0.25) is 16.0 Å². The van der Waals surface area contributed by atoms with Crippen LogP contribution in [0.3, 0.4) is 0 Å². The highest BCUT2D eigenvalue weighted by molar-refractivity contribution is 7.89. The minimum absolute atomic E-state index is 0.101. The second-order valence-corrected chi connectivity index (χ2v) is 12.5. The summed E-state index contributed by atoms with van der Waals surface area (Å²) in [7, 11) is -3.83. The number of rotatable bonds is 10. The molecule has 0 unspecified atom stereocenters. The van der Waals surface area contributed by atoms with Crippen molar-refractivity contribution in [3.8, 4) is 5.75 Å². The highest BCUT2D eigenvalue weighted by Gasteiger charge is 2.38. The predicted molar refractivity (Wildman–Crippen MR) is 152 cm³/mol. The molecule has 0 atom stereocenters. The summed E-state index contributed by atoms with van der Waals surface area (Å²) in [5.41, 5.74) is 0.895. The van der Waals surface area contributed by atoms with Gasteiger partial charge in [0.1, 0.15) is 11.6 Å². The number of nitrogens with one attached hydrogen (secondary N) is 3. The average molecular weight is 664 g/mol. The second kappa shape index (κ2) is 14.1. The number of hydrogen-bond donors (Lipinski definition) is 4. The van der Waals surface area contributed by atoms with Crippen molar-refractivity contribution in [1.29, 1.82) is 0 Å². The molecule has 0 saturated heterocycles. The zero-order valence-electron chi connectivity index (χ0n) is 23.7. The molecule has 2 saturated carbocycles. The van der Waals surface area contributed by atoms with E-state index in [1.807, 2.05) is 24.3 Å². The van der Waals surface area contributed by atoms with Gasteiger partial charge in [0.15, 0.2) is 0 Å². The summed E-state index contributed by atoms with van der Waals surface area (Å²) in [4.78, 5) is 18.2. The van der Waals surface area contributed by atoms with Gasteiger partial charge in [-0.1, -0.05) is 12.1 Å². The maximum absolute atomic E-state index is 12.6. The molecule has 17 heteroatoms. The van der Waals surface area contributed by atoms with Crippen LogP contribution in [0.5, 0.6) is 5.75 Å². The summed E-state index contributed by atoms with van der Waals surface area (Å²) < 4.78 is 100. The van der Waals surface area contributed by atoms with Crippen molar-refractivity contribution in [1.82, 2.24) is 14.7 Å². The Balaban J connectivity index is 0.000000591. The molecular formula is C28H31F6N5O5S. The Bertz CT molecular complexity index is 1560. The number of carboxylic acids is 1. The summed E-state index contributed by atoms with van der Waals surface area (Å²) in [5, 5.41) is 15.0. The fourth-order valence-electron chi connectivity index (χ4n) is 4.69. The quantitative estimate of drug-likeness (QED) is 0.194. The average Bonchev–Trinajstić information content (AvgIpc) is 3.79. The fourth-order valence-corrected chi connectivity index (χ4v) is 5.81. The molecule has 45 heavy (non-hydrogen) atoms. The van der Waals surface area contributed by atoms with Crippen LogP contribution in [0, 0.1) is 11.8 Å². The SMILES string of the molecule is O=C(O)C(F)(F)F.O=S(=O)(NCC1CCC(CNc2nc(NC3CC3)c3ccccc3n2)CC1)c1ccc(OC(F)(F)F)cc1. The van der Waals surface area contributed by atoms with Crippen molar-refractivity contribution in [3.05, 3.63) is 48.5 Å². The lowest BCUT2D eigenvalue weighted by Crippen LogP contribution is -2.32. The first kappa shape index (κ1) is 34.0. The highest BCUT2D eigenvalue weighted by atomic mass is 32.2. The lowest BCUT2D eigenvalue weighted by atomic mass is 9.82. The van der Waals surface area contributed by atoms with Gasteiger partial charge in [0, 0.05) is 24.5 Å². The Kier molecular flexibility index (Phi) is 10.6. The largest absolute Gasteiger partial charge is 0.573 e. The van der Waals surface area contributed by atoms with Crippen LogP contribution < -0.4 is 20.1 Å². The Morgan fingerprint density at radius 1 is 0.867 bits per heavy atom. The normalized spacial score (nSPS) is 18.9. The van der Waals surface area contributed by atoms with Crippen molar-refractivity contribution in [2.75, 3.05) is 23.7 Å². The van der Waals surface area contributed by atoms with E-state index in [2.05, 4.69) is 25.1 Å². The topological polar surface area (TPSA) is 143 Å². The van der Waals surface area contributed by atoms with Crippen LogP contribution in [-0.2, 0) is 14.8 Å². The molecule has 246 valence electrons. The maximum atomic E-state index is 12.6. The number of aliphatic carboxylic acids is 1. The molecule has 0 bridgehead atoms. The molecule has 2 aromatic carbocycles. The van der Waals surface area contributed by atoms with Crippen LogP contribution in [0.25, 0.3) is 10.9 Å². The second-order valence-electron chi connectivity index (χ2n) is 10.8. The van der Waals surface area contributed by atoms with Gasteiger partial charge in [0.25, 0.3) is 0 Å². The van der Waals surface area contributed by atoms with Crippen LogP contribution in [0.4, 0.5) is 38.1 Å². The minimum atomic E-state index is -5.08. The molecule has 0 spiro atoms. The summed E-state index contributed by atoms with van der Waals surface area (Å²) in [6, 6.07) is 12.6. The van der Waals surface area contributed by atoms with Crippen LogP contribution in [-0.4, -0.2) is 61.1 Å². The number of nitrogens with zero attached hydrogens (tertiary/aromatic N) is 2. The first-order valence-corrected chi connectivity index (χ1v) is 15.5. The monoisotopic (exact) mass is 663 g/mol. The van der Waals surface area contributed by atoms with E-state index < -0.39 is 34.3 Å². The number of carbonyl (C=O) groups is 1. The first-order valence-electron chi connectivity index (χ1n) is 14.0. The Morgan fingerprint density at radius 3 is 2.00 bits per heavy atom. The van der Waals surface area contributed by atoms with Crippen molar-refractivity contribution in [2.24, 2.45) is 11.8 Å². The third kappa shape index (κ3) is 10.6. The third-order valence-electron chi connectivity index (χ3n) is 7.21. The number of anilines is 2. The predicted octanol–water partition coefficient (Wildman–Crippen LogP) is 5.93. The lowest BCUT2D eigenvalue weighted by molar-refractivity contribution is -0.274. The Hall–Kier alpha value is -3.86. The van der Waals surface area contributed by atoms with E-state index in [0.29, 0.717) is 17.9 Å². The summed E-state index contributed by atoms with van der Waals surface area (Å²) in [6.07, 6.45) is -3.95. The molecule has 0 aliphatic heterocycles. The molecule has 1 heterocycles. The van der Waals surface area contributed by atoms with Crippen LogP contribution in [0.15, 0.2) is 53.4 Å². The molecule has 3 aromatic rings.